The van der Waals surface area contributed by atoms with Crippen molar-refractivity contribution in [2.75, 3.05) is 14.2 Å². The summed E-state index contributed by atoms with van der Waals surface area (Å²) in [5.41, 5.74) is -0.880. The van der Waals surface area contributed by atoms with Crippen molar-refractivity contribution < 1.29 is 29.0 Å². The summed E-state index contributed by atoms with van der Waals surface area (Å²) in [5, 5.41) is 35.1. The van der Waals surface area contributed by atoms with Crippen LogP contribution in [0.1, 0.15) is 27.0 Å². The van der Waals surface area contributed by atoms with Gasteiger partial charge in [-0.25, -0.2) is 4.79 Å². The number of benzene rings is 3. The van der Waals surface area contributed by atoms with Gasteiger partial charge in [-0.2, -0.15) is 0 Å². The largest absolute Gasteiger partial charge is 0.497 e. The van der Waals surface area contributed by atoms with Crippen molar-refractivity contribution in [2.45, 2.75) is 0 Å². The molecule has 1 aliphatic carbocycles. The Balaban J connectivity index is 2.15. The number of methoxy groups -OCH3 is 2. The lowest BCUT2D eigenvalue weighted by molar-refractivity contribution is -0.393. The van der Waals surface area contributed by atoms with Crippen molar-refractivity contribution in [1.29, 1.82) is 0 Å². The van der Waals surface area contributed by atoms with Crippen LogP contribution in [0, 0.1) is 30.3 Å². The molecule has 0 saturated carbocycles. The average molecular weight is 477 g/mol. The lowest BCUT2D eigenvalue weighted by Gasteiger charge is -2.08. The number of nitrogens with zero attached hydrogens (tertiary/aromatic N) is 3. The Morgan fingerprint density at radius 3 is 1.89 bits per heavy atom. The number of hydrogen-bond acceptors (Lipinski definition) is 9. The maximum absolute atomic E-state index is 12.6. The molecule has 0 atom stereocenters. The van der Waals surface area contributed by atoms with Crippen LogP contribution in [-0.2, 0) is 4.74 Å². The molecule has 12 nitrogen and oxygen atoms in total. The molecule has 1 aliphatic rings. The molecule has 176 valence electrons. The summed E-state index contributed by atoms with van der Waals surface area (Å²) in [6, 6.07) is 10.7. The number of carbonyl (C=O) groups is 1. The first-order valence-electron chi connectivity index (χ1n) is 9.90. The molecule has 4 rings (SSSR count). The average Bonchev–Trinajstić information content (AvgIpc) is 3.15. The van der Waals surface area contributed by atoms with Crippen molar-refractivity contribution in [3.05, 3.63) is 101 Å². The van der Waals surface area contributed by atoms with Gasteiger partial charge in [-0.05, 0) is 34.9 Å². The Morgan fingerprint density at radius 2 is 1.37 bits per heavy atom. The fourth-order valence-corrected chi connectivity index (χ4v) is 3.99. The van der Waals surface area contributed by atoms with Crippen LogP contribution in [0.2, 0.25) is 0 Å². The molecule has 0 saturated heterocycles. The third-order valence-corrected chi connectivity index (χ3v) is 5.51. The van der Waals surface area contributed by atoms with Crippen molar-refractivity contribution in [2.24, 2.45) is 0 Å². The van der Waals surface area contributed by atoms with Crippen molar-refractivity contribution in [3.63, 3.8) is 0 Å². The van der Waals surface area contributed by atoms with Crippen LogP contribution in [0.25, 0.3) is 22.8 Å². The number of hydrogen-bond donors (Lipinski definition) is 0. The lowest BCUT2D eigenvalue weighted by Crippen LogP contribution is -2.06. The van der Waals surface area contributed by atoms with Crippen molar-refractivity contribution in [1.82, 2.24) is 0 Å². The highest BCUT2D eigenvalue weighted by molar-refractivity contribution is 6.15. The van der Waals surface area contributed by atoms with Crippen LogP contribution in [0.4, 0.5) is 17.1 Å². The Kier molecular flexibility index (Phi) is 5.71. The molecule has 0 aliphatic heterocycles. The van der Waals surface area contributed by atoms with Gasteiger partial charge in [0, 0.05) is 29.3 Å². The Bertz CT molecular complexity index is 1460. The predicted octanol–water partition coefficient (Wildman–Crippen LogP) is 4.78. The Hall–Kier alpha value is -5.13. The van der Waals surface area contributed by atoms with Crippen LogP contribution in [0.15, 0.2) is 48.5 Å². The third-order valence-electron chi connectivity index (χ3n) is 5.51. The molecule has 0 N–H and O–H groups in total. The van der Waals surface area contributed by atoms with E-state index < -0.39 is 37.8 Å². The third kappa shape index (κ3) is 3.93. The molecule has 3 aromatic carbocycles. The summed E-state index contributed by atoms with van der Waals surface area (Å²) >= 11 is 0. The Labute approximate surface area is 196 Å². The van der Waals surface area contributed by atoms with E-state index in [0.717, 1.165) is 25.3 Å². The van der Waals surface area contributed by atoms with Crippen molar-refractivity contribution in [3.8, 4) is 16.9 Å². The lowest BCUT2D eigenvalue weighted by atomic mass is 9.96. The molecular formula is C23H15N3O9. The van der Waals surface area contributed by atoms with E-state index in [9.17, 15) is 35.1 Å². The van der Waals surface area contributed by atoms with E-state index >= 15 is 0 Å². The summed E-state index contributed by atoms with van der Waals surface area (Å²) in [6.07, 6.45) is 1.57. The predicted molar refractivity (Wildman–Crippen MR) is 123 cm³/mol. The topological polar surface area (TPSA) is 165 Å². The maximum atomic E-state index is 12.6. The highest BCUT2D eigenvalue weighted by Crippen LogP contribution is 2.53. The second-order valence-electron chi connectivity index (χ2n) is 7.40. The standard InChI is InChI=1S/C23H15N3O9/c1-34-15-5-3-12(4-6-15)7-16-17-8-13(24(28)29)10-19(23(27)35-2)21(17)22-18(16)9-14(25(30)31)11-20(22)26(32)33/h3-11H,1-2H3/b16-7+. The van der Waals surface area contributed by atoms with E-state index in [1.807, 2.05) is 0 Å². The van der Waals surface area contributed by atoms with Gasteiger partial charge in [-0.15, -0.1) is 0 Å². The first-order valence-corrected chi connectivity index (χ1v) is 9.90. The van der Waals surface area contributed by atoms with E-state index in [-0.39, 0.29) is 33.4 Å². The van der Waals surface area contributed by atoms with E-state index in [1.165, 1.54) is 13.2 Å². The molecular weight excluding hydrogens is 462 g/mol. The SMILES string of the molecule is COC(=O)c1cc([N+](=O)[O-])cc2c1-c1c(cc([N+](=O)[O-])cc1[N+](=O)[O-])/C2=C/c1ccc(OC)cc1. The van der Waals surface area contributed by atoms with Gasteiger partial charge in [0.2, 0.25) is 0 Å². The molecule has 12 heteroatoms. The van der Waals surface area contributed by atoms with Gasteiger partial charge in [0.25, 0.3) is 17.1 Å². The molecule has 0 unspecified atom stereocenters. The van der Waals surface area contributed by atoms with Gasteiger partial charge in [0.05, 0.1) is 46.2 Å². The molecule has 0 bridgehead atoms. The van der Waals surface area contributed by atoms with E-state index in [1.54, 1.807) is 30.3 Å². The number of rotatable bonds is 6. The van der Waals surface area contributed by atoms with Gasteiger partial charge < -0.3 is 9.47 Å². The number of carbonyl (C=O) groups excluding carboxylic acids is 1. The zero-order valence-electron chi connectivity index (χ0n) is 18.2. The number of esters is 1. The summed E-state index contributed by atoms with van der Waals surface area (Å²) in [7, 11) is 2.56. The van der Waals surface area contributed by atoms with Crippen LogP contribution < -0.4 is 4.74 Å². The fraction of sp³-hybridized carbons (Fsp3) is 0.0870. The molecule has 0 aromatic heterocycles. The molecule has 0 amide bonds. The minimum atomic E-state index is -0.950. The Morgan fingerprint density at radius 1 is 0.800 bits per heavy atom. The highest BCUT2D eigenvalue weighted by Gasteiger charge is 2.38. The van der Waals surface area contributed by atoms with Crippen molar-refractivity contribution >= 4 is 34.7 Å². The minimum Gasteiger partial charge on any atom is -0.497 e. The number of ether oxygens (including phenoxy) is 2. The molecule has 0 heterocycles. The van der Waals surface area contributed by atoms with Crippen LogP contribution in [0.3, 0.4) is 0 Å². The number of nitro benzene ring substituents is 3. The molecule has 0 radical (unpaired) electrons. The summed E-state index contributed by atoms with van der Waals surface area (Å²) in [5.74, 6) is -0.386. The number of fused-ring (bicyclic) bond motifs is 3. The zero-order chi connectivity index (χ0) is 25.4. The maximum Gasteiger partial charge on any atom is 0.338 e. The van der Waals surface area contributed by atoms with Crippen LogP contribution in [-0.4, -0.2) is 35.0 Å². The van der Waals surface area contributed by atoms with E-state index in [0.29, 0.717) is 11.3 Å². The highest BCUT2D eigenvalue weighted by atomic mass is 16.6. The van der Waals surface area contributed by atoms with Gasteiger partial charge in [-0.1, -0.05) is 12.1 Å². The van der Waals surface area contributed by atoms with Gasteiger partial charge in [-0.3, -0.25) is 30.3 Å². The molecule has 3 aromatic rings. The number of non-ortho nitro benzene ring substituents is 2. The molecule has 0 spiro atoms. The molecule has 0 fully saturated rings. The fourth-order valence-electron chi connectivity index (χ4n) is 3.99. The first-order chi connectivity index (χ1) is 16.7. The molecule has 35 heavy (non-hydrogen) atoms. The second kappa shape index (κ2) is 8.67. The summed E-state index contributed by atoms with van der Waals surface area (Å²) < 4.78 is 9.92. The van der Waals surface area contributed by atoms with Crippen LogP contribution in [0.5, 0.6) is 5.75 Å². The van der Waals surface area contributed by atoms with Gasteiger partial charge >= 0.3 is 5.97 Å². The smallest absolute Gasteiger partial charge is 0.338 e. The minimum absolute atomic E-state index is 0.0267. The number of nitro groups is 3. The second-order valence-corrected chi connectivity index (χ2v) is 7.40. The monoisotopic (exact) mass is 477 g/mol. The first kappa shape index (κ1) is 23.0. The van der Waals surface area contributed by atoms with Crippen LogP contribution >= 0.6 is 0 Å². The van der Waals surface area contributed by atoms with E-state index in [2.05, 4.69) is 0 Å². The van der Waals surface area contributed by atoms with E-state index in [4.69, 9.17) is 9.47 Å². The summed E-state index contributed by atoms with van der Waals surface area (Å²) in [6.45, 7) is 0. The van der Waals surface area contributed by atoms with Gasteiger partial charge in [0.15, 0.2) is 0 Å². The van der Waals surface area contributed by atoms with Gasteiger partial charge in [0.1, 0.15) is 5.75 Å². The normalized spacial score (nSPS) is 12.6. The zero-order valence-corrected chi connectivity index (χ0v) is 18.2. The summed E-state index contributed by atoms with van der Waals surface area (Å²) in [4.78, 5) is 45.4. The quantitative estimate of drug-likeness (QED) is 0.216.